The van der Waals surface area contributed by atoms with Gasteiger partial charge in [-0.05, 0) is 41.5 Å². The van der Waals surface area contributed by atoms with Crippen LogP contribution in [-0.2, 0) is 0 Å². The van der Waals surface area contributed by atoms with Gasteiger partial charge in [-0.2, -0.15) is 11.8 Å². The minimum atomic E-state index is -0.289. The molecule has 1 saturated heterocycles. The average molecular weight is 273 g/mol. The Morgan fingerprint density at radius 1 is 1.50 bits per heavy atom. The Labute approximate surface area is 97.0 Å². The molecular formula is C11H13BrOS. The number of benzene rings is 1. The molecule has 0 bridgehead atoms. The quantitative estimate of drug-likeness (QED) is 0.892. The molecule has 14 heavy (non-hydrogen) atoms. The summed E-state index contributed by atoms with van der Waals surface area (Å²) in [5.74, 6) is 2.72. The summed E-state index contributed by atoms with van der Waals surface area (Å²) in [4.78, 5) is 0. The van der Waals surface area contributed by atoms with E-state index in [0.717, 1.165) is 22.2 Å². The van der Waals surface area contributed by atoms with Crippen LogP contribution >= 0.6 is 27.7 Å². The molecule has 1 fully saturated rings. The van der Waals surface area contributed by atoms with E-state index in [0.29, 0.717) is 5.92 Å². The third-order valence-electron chi connectivity index (χ3n) is 2.60. The van der Waals surface area contributed by atoms with E-state index in [-0.39, 0.29) is 6.10 Å². The van der Waals surface area contributed by atoms with Gasteiger partial charge >= 0.3 is 0 Å². The summed E-state index contributed by atoms with van der Waals surface area (Å²) < 4.78 is 1.04. The Morgan fingerprint density at radius 3 is 3.00 bits per heavy atom. The van der Waals surface area contributed by atoms with Gasteiger partial charge in [-0.3, -0.25) is 0 Å². The normalized spacial score (nSPS) is 23.7. The monoisotopic (exact) mass is 272 g/mol. The van der Waals surface area contributed by atoms with Gasteiger partial charge in [0, 0.05) is 4.47 Å². The Balaban J connectivity index is 2.13. The van der Waals surface area contributed by atoms with Gasteiger partial charge in [0.25, 0.3) is 0 Å². The van der Waals surface area contributed by atoms with Crippen LogP contribution in [0.4, 0.5) is 0 Å². The lowest BCUT2D eigenvalue weighted by Crippen LogP contribution is -2.11. The van der Waals surface area contributed by atoms with Crippen molar-refractivity contribution in [3.05, 3.63) is 34.3 Å². The zero-order valence-corrected chi connectivity index (χ0v) is 10.2. The lowest BCUT2D eigenvalue weighted by Gasteiger charge is -2.17. The highest BCUT2D eigenvalue weighted by atomic mass is 79.9. The molecule has 0 aromatic heterocycles. The summed E-state index contributed by atoms with van der Waals surface area (Å²) in [6.45, 7) is 0. The molecule has 0 aliphatic carbocycles. The van der Waals surface area contributed by atoms with Crippen LogP contribution in [0.25, 0.3) is 0 Å². The topological polar surface area (TPSA) is 20.2 Å². The smallest absolute Gasteiger partial charge is 0.0826 e. The maximum absolute atomic E-state index is 10.1. The summed E-state index contributed by atoms with van der Waals surface area (Å²) in [5, 5.41) is 10.1. The molecule has 76 valence electrons. The van der Waals surface area contributed by atoms with Crippen molar-refractivity contribution >= 4 is 27.7 Å². The lowest BCUT2D eigenvalue weighted by molar-refractivity contribution is 0.121. The van der Waals surface area contributed by atoms with Crippen LogP contribution in [0.2, 0.25) is 0 Å². The Hall–Kier alpha value is 0.01000. The predicted molar refractivity (Wildman–Crippen MR) is 64.5 cm³/mol. The summed E-state index contributed by atoms with van der Waals surface area (Å²) >= 11 is 5.36. The second-order valence-corrected chi connectivity index (χ2v) is 5.69. The van der Waals surface area contributed by atoms with Gasteiger partial charge in [-0.15, -0.1) is 0 Å². The van der Waals surface area contributed by atoms with Crippen molar-refractivity contribution in [2.24, 2.45) is 5.92 Å². The summed E-state index contributed by atoms with van der Waals surface area (Å²) in [7, 11) is 0. The molecule has 1 aromatic carbocycles. The van der Waals surface area contributed by atoms with Crippen molar-refractivity contribution in [1.82, 2.24) is 0 Å². The third-order valence-corrected chi connectivity index (χ3v) is 4.28. The van der Waals surface area contributed by atoms with Crippen molar-refractivity contribution in [2.75, 3.05) is 11.5 Å². The van der Waals surface area contributed by atoms with Crippen molar-refractivity contribution in [1.29, 1.82) is 0 Å². The second kappa shape index (κ2) is 4.69. The van der Waals surface area contributed by atoms with Crippen LogP contribution in [0.15, 0.2) is 28.7 Å². The van der Waals surface area contributed by atoms with Crippen LogP contribution in [-0.4, -0.2) is 16.6 Å². The first kappa shape index (κ1) is 10.5. The number of hydrogen-bond donors (Lipinski definition) is 1. The fraction of sp³-hybridized carbons (Fsp3) is 0.455. The highest BCUT2D eigenvalue weighted by molar-refractivity contribution is 9.10. The number of halogens is 1. The van der Waals surface area contributed by atoms with E-state index in [1.165, 1.54) is 5.75 Å². The molecule has 3 heteroatoms. The van der Waals surface area contributed by atoms with E-state index in [4.69, 9.17) is 0 Å². The van der Waals surface area contributed by atoms with Crippen LogP contribution in [0.3, 0.4) is 0 Å². The molecule has 1 nitrogen and oxygen atoms in total. The van der Waals surface area contributed by atoms with Gasteiger partial charge in [0.05, 0.1) is 6.10 Å². The van der Waals surface area contributed by atoms with Crippen LogP contribution in [0.1, 0.15) is 18.1 Å². The first-order chi connectivity index (χ1) is 6.77. The molecule has 1 heterocycles. The molecule has 0 amide bonds. The Morgan fingerprint density at radius 2 is 2.36 bits per heavy atom. The van der Waals surface area contributed by atoms with Crippen molar-refractivity contribution in [3.63, 3.8) is 0 Å². The first-order valence-electron chi connectivity index (χ1n) is 4.78. The van der Waals surface area contributed by atoms with Crippen molar-refractivity contribution < 1.29 is 5.11 Å². The number of rotatable bonds is 2. The minimum Gasteiger partial charge on any atom is -0.388 e. The van der Waals surface area contributed by atoms with Gasteiger partial charge < -0.3 is 5.11 Å². The molecule has 0 radical (unpaired) electrons. The number of thioether (sulfide) groups is 1. The summed E-state index contributed by atoms with van der Waals surface area (Å²) in [6.07, 6.45) is 0.848. The van der Waals surface area contributed by atoms with Crippen LogP contribution in [0.5, 0.6) is 0 Å². The zero-order chi connectivity index (χ0) is 9.97. The summed E-state index contributed by atoms with van der Waals surface area (Å²) in [5.41, 5.74) is 1.03. The molecule has 1 aliphatic rings. The predicted octanol–water partition coefficient (Wildman–Crippen LogP) is 3.24. The molecule has 2 atom stereocenters. The molecule has 2 rings (SSSR count). The first-order valence-corrected chi connectivity index (χ1v) is 6.73. The SMILES string of the molecule is OC(c1cccc(Br)c1)C1CCSC1. The highest BCUT2D eigenvalue weighted by Crippen LogP contribution is 2.34. The number of aliphatic hydroxyl groups is 1. The number of hydrogen-bond acceptors (Lipinski definition) is 2. The van der Waals surface area contributed by atoms with Crippen molar-refractivity contribution in [3.8, 4) is 0 Å². The highest BCUT2D eigenvalue weighted by Gasteiger charge is 2.24. The van der Waals surface area contributed by atoms with Crippen LogP contribution < -0.4 is 0 Å². The number of aliphatic hydroxyl groups excluding tert-OH is 1. The standard InChI is InChI=1S/C11H13BrOS/c12-10-3-1-2-8(6-10)11(13)9-4-5-14-7-9/h1-3,6,9,11,13H,4-5,7H2. The fourth-order valence-electron chi connectivity index (χ4n) is 1.76. The van der Waals surface area contributed by atoms with Gasteiger partial charge in [-0.1, -0.05) is 28.1 Å². The average Bonchev–Trinajstić information content (AvgIpc) is 2.69. The molecule has 1 aromatic rings. The molecular weight excluding hydrogens is 260 g/mol. The molecule has 1 N–H and O–H groups in total. The van der Waals surface area contributed by atoms with Gasteiger partial charge in [0.2, 0.25) is 0 Å². The van der Waals surface area contributed by atoms with Crippen molar-refractivity contribution in [2.45, 2.75) is 12.5 Å². The van der Waals surface area contributed by atoms with Gasteiger partial charge in [0.1, 0.15) is 0 Å². The van der Waals surface area contributed by atoms with E-state index in [2.05, 4.69) is 15.9 Å². The van der Waals surface area contributed by atoms with E-state index in [1.807, 2.05) is 36.0 Å². The molecule has 0 spiro atoms. The largest absolute Gasteiger partial charge is 0.388 e. The lowest BCUT2D eigenvalue weighted by atomic mass is 9.95. The van der Waals surface area contributed by atoms with E-state index in [9.17, 15) is 5.11 Å². The maximum atomic E-state index is 10.1. The molecule has 0 saturated carbocycles. The van der Waals surface area contributed by atoms with E-state index < -0.39 is 0 Å². The fourth-order valence-corrected chi connectivity index (χ4v) is 3.47. The molecule has 1 aliphatic heterocycles. The Bertz CT molecular complexity index is 310. The third kappa shape index (κ3) is 2.33. The van der Waals surface area contributed by atoms with Crippen LogP contribution in [0, 0.1) is 5.92 Å². The molecule has 2 unspecified atom stereocenters. The summed E-state index contributed by atoms with van der Waals surface area (Å²) in [6, 6.07) is 7.97. The maximum Gasteiger partial charge on any atom is 0.0826 e. The Kier molecular flexibility index (Phi) is 3.52. The van der Waals surface area contributed by atoms with E-state index >= 15 is 0 Å². The van der Waals surface area contributed by atoms with Gasteiger partial charge in [-0.25, -0.2) is 0 Å². The zero-order valence-electron chi connectivity index (χ0n) is 7.82. The van der Waals surface area contributed by atoms with E-state index in [1.54, 1.807) is 0 Å². The second-order valence-electron chi connectivity index (χ2n) is 3.62. The minimum absolute atomic E-state index is 0.289. The van der Waals surface area contributed by atoms with Gasteiger partial charge in [0.15, 0.2) is 0 Å².